The number of hydrogen-bond donors (Lipinski definition) is 2. The van der Waals surface area contributed by atoms with Gasteiger partial charge in [-0.15, -0.1) is 0 Å². The normalized spacial score (nSPS) is 17.0. The Morgan fingerprint density at radius 1 is 1.14 bits per heavy atom. The molecule has 3 N–H and O–H groups in total. The van der Waals surface area contributed by atoms with Crippen molar-refractivity contribution in [1.82, 2.24) is 5.32 Å². The molecule has 1 amide bonds. The van der Waals surface area contributed by atoms with Crippen LogP contribution in [0.3, 0.4) is 0 Å². The lowest BCUT2D eigenvalue weighted by molar-refractivity contribution is 0.0505. The number of hydrogen-bond acceptors (Lipinski definition) is 5. The van der Waals surface area contributed by atoms with Gasteiger partial charge in [-0.3, -0.25) is 4.31 Å². The minimum absolute atomic E-state index is 0.114. The van der Waals surface area contributed by atoms with E-state index in [-0.39, 0.29) is 11.4 Å². The van der Waals surface area contributed by atoms with Crippen LogP contribution >= 0.6 is 0 Å². The van der Waals surface area contributed by atoms with Gasteiger partial charge >= 0.3 is 6.09 Å². The molecule has 2 aromatic carbocycles. The van der Waals surface area contributed by atoms with Crippen LogP contribution in [-0.2, 0) is 21.2 Å². The lowest BCUT2D eigenvalue weighted by atomic mass is 10.00. The lowest BCUT2D eigenvalue weighted by Gasteiger charge is -2.35. The number of anilines is 2. The Hall–Kier alpha value is -2.74. The maximum Gasteiger partial charge on any atom is 0.407 e. The number of ether oxygens (including phenoxy) is 1. The van der Waals surface area contributed by atoms with Gasteiger partial charge in [0.15, 0.2) is 0 Å². The van der Waals surface area contributed by atoms with Gasteiger partial charge < -0.3 is 15.8 Å². The Morgan fingerprint density at radius 3 is 2.43 bits per heavy atom. The molecule has 0 spiro atoms. The first kappa shape index (κ1) is 20.0. The van der Waals surface area contributed by atoms with Gasteiger partial charge in [-0.1, -0.05) is 18.2 Å². The number of nitrogen functional groups attached to an aromatic ring is 1. The van der Waals surface area contributed by atoms with E-state index in [0.717, 1.165) is 5.56 Å². The Kier molecular flexibility index (Phi) is 5.25. The molecular weight excluding hydrogens is 378 g/mol. The zero-order chi connectivity index (χ0) is 20.5. The fourth-order valence-electron chi connectivity index (χ4n) is 3.12. The Labute approximate surface area is 165 Å². The van der Waals surface area contributed by atoms with Gasteiger partial charge in [0.25, 0.3) is 10.0 Å². The topological polar surface area (TPSA) is 102 Å². The molecule has 1 aliphatic heterocycles. The average molecular weight is 404 g/mol. The third kappa shape index (κ3) is 4.39. The van der Waals surface area contributed by atoms with Crippen LogP contribution in [-0.4, -0.2) is 32.7 Å². The molecule has 0 aliphatic carbocycles. The molecule has 0 saturated heterocycles. The maximum absolute atomic E-state index is 13.3. The summed E-state index contributed by atoms with van der Waals surface area (Å²) in [5.74, 6) is 0. The number of rotatable bonds is 3. The minimum atomic E-state index is -3.81. The number of para-hydroxylation sites is 1. The number of sulfonamides is 1. The molecule has 1 aliphatic rings. The van der Waals surface area contributed by atoms with E-state index < -0.39 is 27.8 Å². The van der Waals surface area contributed by atoms with Gasteiger partial charge in [0.05, 0.1) is 23.2 Å². The quantitative estimate of drug-likeness (QED) is 0.767. The summed E-state index contributed by atoms with van der Waals surface area (Å²) in [6, 6.07) is 13.0. The second-order valence-electron chi connectivity index (χ2n) is 7.78. The standard InChI is InChI=1S/C20H25N3O4S/c1-20(2,3)27-19(24)22-16-12-14-6-4-5-7-18(14)23(13-16)28(25,26)17-10-8-15(21)9-11-17/h4-11,16H,12-13,21H2,1-3H3,(H,22,24). The molecule has 0 radical (unpaired) electrons. The van der Waals surface area contributed by atoms with Crippen LogP contribution in [0.15, 0.2) is 53.4 Å². The van der Waals surface area contributed by atoms with E-state index in [1.165, 1.54) is 16.4 Å². The second kappa shape index (κ2) is 7.35. The van der Waals surface area contributed by atoms with Gasteiger partial charge in [-0.2, -0.15) is 0 Å². The summed E-state index contributed by atoms with van der Waals surface area (Å²) in [5.41, 5.74) is 6.99. The summed E-state index contributed by atoms with van der Waals surface area (Å²) in [7, 11) is -3.81. The largest absolute Gasteiger partial charge is 0.444 e. The molecule has 8 heteroatoms. The van der Waals surface area contributed by atoms with Crippen LogP contribution in [0.2, 0.25) is 0 Å². The number of benzene rings is 2. The molecule has 1 atom stereocenters. The monoisotopic (exact) mass is 403 g/mol. The summed E-state index contributed by atoms with van der Waals surface area (Å²) in [5, 5.41) is 2.79. The number of nitrogens with two attached hydrogens (primary N) is 1. The van der Waals surface area contributed by atoms with Gasteiger partial charge in [-0.25, -0.2) is 13.2 Å². The predicted octanol–water partition coefficient (Wildman–Crippen LogP) is 2.91. The SMILES string of the molecule is CC(C)(C)OC(=O)NC1Cc2ccccc2N(S(=O)(=O)c2ccc(N)cc2)C1. The minimum Gasteiger partial charge on any atom is -0.444 e. The molecule has 0 saturated carbocycles. The van der Waals surface area contributed by atoms with Crippen molar-refractivity contribution in [3.63, 3.8) is 0 Å². The summed E-state index contributed by atoms with van der Waals surface area (Å²) < 4.78 is 33.2. The van der Waals surface area contributed by atoms with Crippen molar-refractivity contribution in [2.24, 2.45) is 0 Å². The lowest BCUT2D eigenvalue weighted by Crippen LogP contribution is -2.51. The van der Waals surface area contributed by atoms with Crippen molar-refractivity contribution in [3.05, 3.63) is 54.1 Å². The summed E-state index contributed by atoms with van der Waals surface area (Å²) in [6.07, 6.45) is -0.0508. The molecule has 28 heavy (non-hydrogen) atoms. The first-order valence-corrected chi connectivity index (χ1v) is 10.5. The molecule has 150 valence electrons. The molecule has 7 nitrogen and oxygen atoms in total. The molecule has 2 aromatic rings. The Morgan fingerprint density at radius 2 is 1.79 bits per heavy atom. The van der Waals surface area contributed by atoms with Crippen molar-refractivity contribution < 1.29 is 17.9 Å². The third-order valence-corrected chi connectivity index (χ3v) is 6.10. The zero-order valence-corrected chi connectivity index (χ0v) is 17.0. The highest BCUT2D eigenvalue weighted by Crippen LogP contribution is 2.32. The van der Waals surface area contributed by atoms with Crippen molar-refractivity contribution in [2.45, 2.75) is 43.7 Å². The average Bonchev–Trinajstić information content (AvgIpc) is 2.59. The van der Waals surface area contributed by atoms with E-state index in [1.807, 2.05) is 12.1 Å². The van der Waals surface area contributed by atoms with Gasteiger partial charge in [0.1, 0.15) is 5.60 Å². The Balaban J connectivity index is 1.91. The van der Waals surface area contributed by atoms with Gasteiger partial charge in [-0.05, 0) is 63.1 Å². The van der Waals surface area contributed by atoms with E-state index in [0.29, 0.717) is 17.8 Å². The number of amides is 1. The van der Waals surface area contributed by atoms with Crippen molar-refractivity contribution >= 4 is 27.5 Å². The molecule has 1 unspecified atom stereocenters. The van der Waals surface area contributed by atoms with E-state index in [1.54, 1.807) is 45.0 Å². The summed E-state index contributed by atoms with van der Waals surface area (Å²) in [6.45, 7) is 5.45. The van der Waals surface area contributed by atoms with E-state index in [4.69, 9.17) is 10.5 Å². The number of carbonyl (C=O) groups is 1. The Bertz CT molecular complexity index is 966. The third-order valence-electron chi connectivity index (χ3n) is 4.30. The highest BCUT2D eigenvalue weighted by atomic mass is 32.2. The van der Waals surface area contributed by atoms with Crippen molar-refractivity contribution in [2.75, 3.05) is 16.6 Å². The van der Waals surface area contributed by atoms with Crippen LogP contribution in [0.25, 0.3) is 0 Å². The predicted molar refractivity (Wildman–Crippen MR) is 109 cm³/mol. The van der Waals surface area contributed by atoms with Gasteiger partial charge in [0, 0.05) is 5.69 Å². The first-order valence-electron chi connectivity index (χ1n) is 9.02. The zero-order valence-electron chi connectivity index (χ0n) is 16.2. The molecular formula is C20H25N3O4S. The highest BCUT2D eigenvalue weighted by molar-refractivity contribution is 7.92. The van der Waals surface area contributed by atoms with E-state index in [2.05, 4.69) is 5.32 Å². The number of alkyl carbamates (subject to hydrolysis) is 1. The number of nitrogens with zero attached hydrogens (tertiary/aromatic N) is 1. The molecule has 1 heterocycles. The number of fused-ring (bicyclic) bond motifs is 1. The molecule has 3 rings (SSSR count). The van der Waals surface area contributed by atoms with E-state index >= 15 is 0 Å². The maximum atomic E-state index is 13.3. The summed E-state index contributed by atoms with van der Waals surface area (Å²) >= 11 is 0. The highest BCUT2D eigenvalue weighted by Gasteiger charge is 2.34. The molecule has 0 fully saturated rings. The molecule has 0 aromatic heterocycles. The van der Waals surface area contributed by atoms with Crippen LogP contribution < -0.4 is 15.4 Å². The van der Waals surface area contributed by atoms with Crippen molar-refractivity contribution in [3.8, 4) is 0 Å². The van der Waals surface area contributed by atoms with E-state index in [9.17, 15) is 13.2 Å². The number of carbonyl (C=O) groups excluding carboxylic acids is 1. The van der Waals surface area contributed by atoms with Crippen molar-refractivity contribution in [1.29, 1.82) is 0 Å². The van der Waals surface area contributed by atoms with Crippen LogP contribution in [0.1, 0.15) is 26.3 Å². The fraction of sp³-hybridized carbons (Fsp3) is 0.350. The number of nitrogens with one attached hydrogen (secondary N) is 1. The van der Waals surface area contributed by atoms with Crippen LogP contribution in [0.5, 0.6) is 0 Å². The van der Waals surface area contributed by atoms with Crippen LogP contribution in [0, 0.1) is 0 Å². The van der Waals surface area contributed by atoms with Crippen LogP contribution in [0.4, 0.5) is 16.2 Å². The summed E-state index contributed by atoms with van der Waals surface area (Å²) in [4.78, 5) is 12.3. The van der Waals surface area contributed by atoms with Gasteiger partial charge in [0.2, 0.25) is 0 Å². The fourth-order valence-corrected chi connectivity index (χ4v) is 4.67. The first-order chi connectivity index (χ1) is 13.1. The second-order valence-corrected chi connectivity index (χ2v) is 9.64. The smallest absolute Gasteiger partial charge is 0.407 e. The molecule has 0 bridgehead atoms.